The van der Waals surface area contributed by atoms with E-state index >= 15 is 0 Å². The minimum Gasteiger partial charge on any atom is -0.361 e. The molecular formula is C24H29N9O4. The number of nitrogens with one attached hydrogen (secondary N) is 1. The zero-order valence-electron chi connectivity index (χ0n) is 21.0. The largest absolute Gasteiger partial charge is 0.361 e. The summed E-state index contributed by atoms with van der Waals surface area (Å²) in [5, 5.41) is 6.69. The van der Waals surface area contributed by atoms with Gasteiger partial charge in [0.15, 0.2) is 11.2 Å². The molecule has 194 valence electrons. The van der Waals surface area contributed by atoms with Crippen molar-refractivity contribution >= 4 is 28.7 Å². The fraction of sp³-hybridized carbons (Fsp3) is 0.417. The maximum Gasteiger partial charge on any atom is 0.332 e. The van der Waals surface area contributed by atoms with Crippen molar-refractivity contribution < 1.29 is 9.32 Å². The van der Waals surface area contributed by atoms with Gasteiger partial charge >= 0.3 is 5.69 Å². The second kappa shape index (κ2) is 10.0. The number of aromatic nitrogens is 6. The number of carbonyl (C=O) groups excluding carboxylic acids is 1. The molecule has 0 unspecified atom stereocenters. The van der Waals surface area contributed by atoms with Crippen molar-refractivity contribution in [2.24, 2.45) is 7.05 Å². The van der Waals surface area contributed by atoms with Gasteiger partial charge in [0.2, 0.25) is 5.91 Å². The molecule has 0 radical (unpaired) electrons. The number of aryl methyl sites for hydroxylation is 2. The normalized spacial score (nSPS) is 14.4. The molecule has 5 heterocycles. The minimum atomic E-state index is -0.560. The van der Waals surface area contributed by atoms with E-state index in [-0.39, 0.29) is 30.2 Å². The van der Waals surface area contributed by atoms with Crippen molar-refractivity contribution in [2.45, 2.75) is 26.9 Å². The van der Waals surface area contributed by atoms with Crippen LogP contribution in [0.15, 0.2) is 44.7 Å². The average molecular weight is 508 g/mol. The number of anilines is 2. The topological polar surface area (TPSA) is 136 Å². The number of imidazole rings is 1. The van der Waals surface area contributed by atoms with Crippen LogP contribution in [0.4, 0.5) is 11.6 Å². The fourth-order valence-electron chi connectivity index (χ4n) is 4.54. The first kappa shape index (κ1) is 24.4. The van der Waals surface area contributed by atoms with E-state index in [0.717, 1.165) is 43.1 Å². The molecule has 0 spiro atoms. The van der Waals surface area contributed by atoms with Crippen molar-refractivity contribution in [3.63, 3.8) is 0 Å². The number of carbonyl (C=O) groups is 1. The van der Waals surface area contributed by atoms with Crippen LogP contribution < -0.4 is 21.5 Å². The molecule has 1 fully saturated rings. The molecule has 0 aromatic carbocycles. The Kier molecular flexibility index (Phi) is 6.61. The van der Waals surface area contributed by atoms with Crippen LogP contribution in [0.5, 0.6) is 0 Å². The Bertz CT molecular complexity index is 1560. The molecule has 1 saturated heterocycles. The van der Waals surface area contributed by atoms with E-state index in [1.165, 1.54) is 22.5 Å². The number of hydrogen-bond acceptors (Lipinski definition) is 9. The zero-order chi connectivity index (χ0) is 26.1. The molecule has 4 aromatic rings. The first-order chi connectivity index (χ1) is 17.8. The van der Waals surface area contributed by atoms with Gasteiger partial charge in [-0.25, -0.2) is 14.8 Å². The number of rotatable bonds is 7. The number of amides is 1. The first-order valence-electron chi connectivity index (χ1n) is 12.1. The van der Waals surface area contributed by atoms with Crippen molar-refractivity contribution in [1.82, 2.24) is 33.7 Å². The van der Waals surface area contributed by atoms with Gasteiger partial charge in [-0.2, -0.15) is 0 Å². The lowest BCUT2D eigenvalue weighted by atomic mass is 10.3. The summed E-state index contributed by atoms with van der Waals surface area (Å²) in [6.45, 7) is 8.37. The van der Waals surface area contributed by atoms with E-state index in [9.17, 15) is 14.4 Å². The summed E-state index contributed by atoms with van der Waals surface area (Å²) in [6, 6.07) is 7.18. The molecule has 0 atom stereocenters. The highest BCUT2D eigenvalue weighted by Gasteiger charge is 2.20. The number of likely N-dealkylation sites (N-methyl/N-ethyl adjacent to an activating group) is 1. The number of nitrogens with zero attached hydrogens (tertiary/aromatic N) is 8. The van der Waals surface area contributed by atoms with E-state index in [1.807, 2.05) is 12.1 Å². The third-order valence-electron chi connectivity index (χ3n) is 6.56. The number of fused-ring (bicyclic) bond motifs is 1. The molecule has 1 amide bonds. The first-order valence-corrected chi connectivity index (χ1v) is 12.1. The van der Waals surface area contributed by atoms with E-state index in [2.05, 4.69) is 37.2 Å². The van der Waals surface area contributed by atoms with Gasteiger partial charge in [0, 0.05) is 39.3 Å². The molecule has 4 aromatic heterocycles. The van der Waals surface area contributed by atoms with Crippen LogP contribution in [0, 0.1) is 6.92 Å². The highest BCUT2D eigenvalue weighted by molar-refractivity contribution is 5.90. The van der Waals surface area contributed by atoms with E-state index in [0.29, 0.717) is 17.3 Å². The second-order valence-corrected chi connectivity index (χ2v) is 9.06. The number of piperazine rings is 1. The van der Waals surface area contributed by atoms with Gasteiger partial charge in [-0.3, -0.25) is 18.7 Å². The molecule has 13 nitrogen and oxygen atoms in total. The van der Waals surface area contributed by atoms with Crippen LogP contribution in [0.25, 0.3) is 11.2 Å². The van der Waals surface area contributed by atoms with Gasteiger partial charge in [-0.05, 0) is 25.6 Å². The summed E-state index contributed by atoms with van der Waals surface area (Å²) in [7, 11) is 1.53. The molecule has 0 aliphatic carbocycles. The lowest BCUT2D eigenvalue weighted by molar-refractivity contribution is -0.116. The highest BCUT2D eigenvalue weighted by atomic mass is 16.5. The Morgan fingerprint density at radius 1 is 1.16 bits per heavy atom. The molecule has 0 saturated carbocycles. The quantitative estimate of drug-likeness (QED) is 0.377. The molecule has 1 aliphatic heterocycles. The summed E-state index contributed by atoms with van der Waals surface area (Å²) < 4.78 is 8.82. The van der Waals surface area contributed by atoms with Gasteiger partial charge in [0.25, 0.3) is 5.56 Å². The lowest BCUT2D eigenvalue weighted by Crippen LogP contribution is -2.46. The summed E-state index contributed by atoms with van der Waals surface area (Å²) in [5.41, 5.74) is -0.305. The maximum atomic E-state index is 13.3. The van der Waals surface area contributed by atoms with Crippen molar-refractivity contribution in [2.75, 3.05) is 42.9 Å². The van der Waals surface area contributed by atoms with Gasteiger partial charge in [-0.1, -0.05) is 18.1 Å². The van der Waals surface area contributed by atoms with Gasteiger partial charge in [0.05, 0.1) is 12.9 Å². The monoisotopic (exact) mass is 507 g/mol. The molecule has 13 heteroatoms. The van der Waals surface area contributed by atoms with E-state index in [1.54, 1.807) is 19.1 Å². The molecule has 1 N–H and O–H groups in total. The molecule has 5 rings (SSSR count). The number of hydrogen-bond donors (Lipinski definition) is 1. The van der Waals surface area contributed by atoms with Crippen molar-refractivity contribution in [1.29, 1.82) is 0 Å². The second-order valence-electron chi connectivity index (χ2n) is 9.06. The smallest absolute Gasteiger partial charge is 0.332 e. The van der Waals surface area contributed by atoms with E-state index in [4.69, 9.17) is 4.52 Å². The average Bonchev–Trinajstić information content (AvgIpc) is 3.51. The number of pyridine rings is 1. The minimum absolute atomic E-state index is 0.0562. The summed E-state index contributed by atoms with van der Waals surface area (Å²) in [5.74, 6) is 1.44. The third kappa shape index (κ3) is 4.89. The predicted octanol–water partition coefficient (Wildman–Crippen LogP) is 0.417. The lowest BCUT2D eigenvalue weighted by Gasteiger charge is -2.34. The van der Waals surface area contributed by atoms with Crippen LogP contribution >= 0.6 is 0 Å². The van der Waals surface area contributed by atoms with E-state index < -0.39 is 11.2 Å². The Hall–Kier alpha value is -4.26. The van der Waals surface area contributed by atoms with Crippen LogP contribution in [0.3, 0.4) is 0 Å². The molecule has 1 aliphatic rings. The van der Waals surface area contributed by atoms with Crippen LogP contribution in [0.2, 0.25) is 0 Å². The molecule has 0 bridgehead atoms. The summed E-state index contributed by atoms with van der Waals surface area (Å²) in [4.78, 5) is 52.4. The predicted molar refractivity (Wildman–Crippen MR) is 137 cm³/mol. The van der Waals surface area contributed by atoms with Crippen molar-refractivity contribution in [3.8, 4) is 0 Å². The Morgan fingerprint density at radius 3 is 2.65 bits per heavy atom. The van der Waals surface area contributed by atoms with Gasteiger partial charge in [-0.15, -0.1) is 0 Å². The maximum absolute atomic E-state index is 13.3. The highest BCUT2D eigenvalue weighted by Crippen LogP contribution is 2.17. The van der Waals surface area contributed by atoms with Gasteiger partial charge < -0.3 is 24.2 Å². The Labute approximate surface area is 211 Å². The SMILES string of the molecule is CCN1CCN(c2cccc(NC(=O)Cn3cnc4c3c(=O)n(Cc3cc(C)on3)c(=O)n4C)n2)CC1. The van der Waals surface area contributed by atoms with Crippen LogP contribution in [0.1, 0.15) is 18.4 Å². The summed E-state index contributed by atoms with van der Waals surface area (Å²) in [6.07, 6.45) is 1.38. The van der Waals surface area contributed by atoms with Crippen LogP contribution in [-0.4, -0.2) is 72.4 Å². The fourth-order valence-corrected chi connectivity index (χ4v) is 4.54. The standard InChI is InChI=1S/C24H29N9O4/c1-4-30-8-10-31(11-9-30)19-7-5-6-18(26-19)27-20(34)14-32-15-25-22-21(32)23(35)33(24(36)29(22)3)13-17-12-16(2)37-28-17/h5-7,12,15H,4,8-11,13-14H2,1-3H3,(H,26,27,34). The Balaban J connectivity index is 1.36. The van der Waals surface area contributed by atoms with Gasteiger partial charge in [0.1, 0.15) is 29.6 Å². The zero-order valence-corrected chi connectivity index (χ0v) is 21.0. The Morgan fingerprint density at radius 2 is 1.95 bits per heavy atom. The van der Waals surface area contributed by atoms with Crippen LogP contribution in [-0.2, 0) is 24.9 Å². The molecular weight excluding hydrogens is 478 g/mol. The molecule has 37 heavy (non-hydrogen) atoms. The third-order valence-corrected chi connectivity index (χ3v) is 6.56. The van der Waals surface area contributed by atoms with Crippen molar-refractivity contribution in [3.05, 3.63) is 62.9 Å². The summed E-state index contributed by atoms with van der Waals surface area (Å²) >= 11 is 0.